The fourth-order valence-corrected chi connectivity index (χ4v) is 4.41. The van der Waals surface area contributed by atoms with Crippen LogP contribution >= 0.6 is 34.8 Å². The van der Waals surface area contributed by atoms with E-state index in [0.29, 0.717) is 0 Å². The summed E-state index contributed by atoms with van der Waals surface area (Å²) in [5.74, 6) is 0. The van der Waals surface area contributed by atoms with E-state index in [1.54, 1.807) is 0 Å². The molecule has 0 radical (unpaired) electrons. The molecule has 0 aromatic carbocycles. The number of H-pyrrole nitrogens is 1. The molecule has 0 unspecified atom stereocenters. The van der Waals surface area contributed by atoms with E-state index >= 15 is 0 Å². The summed E-state index contributed by atoms with van der Waals surface area (Å²) in [6.45, 7) is 7.27. The Morgan fingerprint density at radius 1 is 1.32 bits per heavy atom. The van der Waals surface area contributed by atoms with Crippen molar-refractivity contribution in [2.45, 2.75) is 32.9 Å². The Labute approximate surface area is 149 Å². The highest BCUT2D eigenvalue weighted by molar-refractivity contribution is 14.1. The zero-order valence-electron chi connectivity index (χ0n) is 12.9. The summed E-state index contributed by atoms with van der Waals surface area (Å²) in [5, 5.41) is 4.26. The zero-order chi connectivity index (χ0) is 15.9. The predicted octanol–water partition coefficient (Wildman–Crippen LogP) is 3.62. The molecule has 0 amide bonds. The maximum atomic E-state index is 5.56. The van der Waals surface area contributed by atoms with Crippen molar-refractivity contribution >= 4 is 39.9 Å². The normalized spacial score (nSPS) is 21.3. The van der Waals surface area contributed by atoms with Crippen molar-refractivity contribution in [3.05, 3.63) is 50.6 Å². The molecule has 0 bridgehead atoms. The largest absolute Gasteiger partial charge is 0.362 e. The van der Waals surface area contributed by atoms with Crippen LogP contribution < -0.4 is 5.32 Å². The molecular formula is C16H19IN4S. The van der Waals surface area contributed by atoms with Gasteiger partial charge in [0.15, 0.2) is 5.11 Å². The van der Waals surface area contributed by atoms with E-state index in [-0.39, 0.29) is 12.1 Å². The Bertz CT molecular complexity index is 698. The quantitative estimate of drug-likeness (QED) is 0.582. The number of pyridine rings is 1. The molecule has 3 heterocycles. The Balaban J connectivity index is 2.12. The number of rotatable bonds is 3. The minimum absolute atomic E-state index is 0.0797. The van der Waals surface area contributed by atoms with Gasteiger partial charge in [-0.05, 0) is 67.7 Å². The third-order valence-corrected chi connectivity index (χ3v) is 5.92. The van der Waals surface area contributed by atoms with Crippen molar-refractivity contribution in [1.29, 1.82) is 0 Å². The molecule has 2 aromatic heterocycles. The van der Waals surface area contributed by atoms with E-state index in [1.807, 2.05) is 18.3 Å². The van der Waals surface area contributed by atoms with E-state index in [2.05, 4.69) is 69.6 Å². The number of halogens is 1. The number of hydrogen-bond acceptors (Lipinski definition) is 2. The number of aromatic nitrogens is 2. The zero-order valence-corrected chi connectivity index (χ0v) is 15.8. The summed E-state index contributed by atoms with van der Waals surface area (Å²) in [7, 11) is 0. The third-order valence-electron chi connectivity index (χ3n) is 4.18. The molecule has 116 valence electrons. The van der Waals surface area contributed by atoms with Crippen LogP contribution in [0, 0.1) is 17.4 Å². The molecule has 2 aromatic rings. The maximum Gasteiger partial charge on any atom is 0.170 e. The Hall–Kier alpha value is -1.15. The van der Waals surface area contributed by atoms with Crippen LogP contribution in [0.3, 0.4) is 0 Å². The molecule has 1 fully saturated rings. The van der Waals surface area contributed by atoms with Gasteiger partial charge < -0.3 is 15.2 Å². The van der Waals surface area contributed by atoms with Gasteiger partial charge in [-0.25, -0.2) is 0 Å². The molecule has 1 aliphatic heterocycles. The highest BCUT2D eigenvalue weighted by Gasteiger charge is 2.41. The molecule has 6 heteroatoms. The van der Waals surface area contributed by atoms with Gasteiger partial charge in [-0.15, -0.1) is 0 Å². The van der Waals surface area contributed by atoms with Gasteiger partial charge in [0.2, 0.25) is 0 Å². The lowest BCUT2D eigenvalue weighted by Gasteiger charge is -2.27. The minimum atomic E-state index is 0.0797. The molecular weight excluding hydrogens is 407 g/mol. The molecule has 0 spiro atoms. The fraction of sp³-hybridized carbons (Fsp3) is 0.375. The van der Waals surface area contributed by atoms with Crippen molar-refractivity contribution in [2.75, 3.05) is 6.54 Å². The first-order valence-corrected chi connectivity index (χ1v) is 8.86. The van der Waals surface area contributed by atoms with Crippen LogP contribution in [-0.4, -0.2) is 26.5 Å². The average Bonchev–Trinajstić information content (AvgIpc) is 2.96. The van der Waals surface area contributed by atoms with Crippen LogP contribution in [0.4, 0.5) is 0 Å². The lowest BCUT2D eigenvalue weighted by Crippen LogP contribution is -2.29. The van der Waals surface area contributed by atoms with E-state index in [1.165, 1.54) is 20.5 Å². The number of hydrogen-bond donors (Lipinski definition) is 2. The second-order valence-corrected chi connectivity index (χ2v) is 6.98. The topological polar surface area (TPSA) is 44.0 Å². The van der Waals surface area contributed by atoms with Crippen molar-refractivity contribution in [3.63, 3.8) is 0 Å². The lowest BCUT2D eigenvalue weighted by molar-refractivity contribution is 0.328. The molecule has 1 saturated heterocycles. The summed E-state index contributed by atoms with van der Waals surface area (Å²) in [6.07, 6.45) is 1.84. The summed E-state index contributed by atoms with van der Waals surface area (Å²) in [6, 6.07) is 6.28. The van der Waals surface area contributed by atoms with Crippen LogP contribution in [0.1, 0.15) is 41.7 Å². The first-order chi connectivity index (χ1) is 10.5. The minimum Gasteiger partial charge on any atom is -0.362 e. The van der Waals surface area contributed by atoms with Gasteiger partial charge in [-0.1, -0.05) is 6.07 Å². The SMILES string of the molecule is CCN1C(=S)N[C@H](c2ccccn2)[C@H]1c1c(C)[nH]c(C)c1I. The molecule has 1 aliphatic rings. The van der Waals surface area contributed by atoms with Gasteiger partial charge in [0.25, 0.3) is 0 Å². The van der Waals surface area contributed by atoms with E-state index in [4.69, 9.17) is 12.2 Å². The van der Waals surface area contributed by atoms with Crippen molar-refractivity contribution in [1.82, 2.24) is 20.2 Å². The van der Waals surface area contributed by atoms with Crippen molar-refractivity contribution in [3.8, 4) is 0 Å². The first-order valence-electron chi connectivity index (χ1n) is 7.37. The molecule has 4 nitrogen and oxygen atoms in total. The molecule has 22 heavy (non-hydrogen) atoms. The van der Waals surface area contributed by atoms with E-state index < -0.39 is 0 Å². The molecule has 3 rings (SSSR count). The van der Waals surface area contributed by atoms with Gasteiger partial charge in [-0.2, -0.15) is 0 Å². The van der Waals surface area contributed by atoms with Gasteiger partial charge in [0, 0.05) is 33.3 Å². The standard InChI is InChI=1S/C16H19IN4S/c1-4-21-15(12-9(2)19-10(3)13(12)17)14(20-16(21)22)11-7-5-6-8-18-11/h5-8,14-15,19H,4H2,1-3H3,(H,20,22)/t14-,15-/m1/s1. The van der Waals surface area contributed by atoms with Crippen LogP contribution in [0.25, 0.3) is 0 Å². The monoisotopic (exact) mass is 426 g/mol. The van der Waals surface area contributed by atoms with Crippen LogP contribution in [0.15, 0.2) is 24.4 Å². The smallest absolute Gasteiger partial charge is 0.170 e. The van der Waals surface area contributed by atoms with Gasteiger partial charge in [0.05, 0.1) is 17.8 Å². The maximum absolute atomic E-state index is 5.56. The van der Waals surface area contributed by atoms with E-state index in [0.717, 1.165) is 17.4 Å². The molecule has 0 aliphatic carbocycles. The second kappa shape index (κ2) is 6.16. The Morgan fingerprint density at radius 3 is 2.64 bits per heavy atom. The van der Waals surface area contributed by atoms with Gasteiger partial charge in [-0.3, -0.25) is 4.98 Å². The number of aromatic amines is 1. The summed E-state index contributed by atoms with van der Waals surface area (Å²) in [4.78, 5) is 10.3. The highest BCUT2D eigenvalue weighted by Crippen LogP contribution is 2.42. The van der Waals surface area contributed by atoms with Gasteiger partial charge >= 0.3 is 0 Å². The third kappa shape index (κ3) is 2.52. The molecule has 0 saturated carbocycles. The number of aryl methyl sites for hydroxylation is 2. The Kier molecular flexibility index (Phi) is 4.40. The van der Waals surface area contributed by atoms with E-state index in [9.17, 15) is 0 Å². The second-order valence-electron chi connectivity index (χ2n) is 5.52. The van der Waals surface area contributed by atoms with Crippen molar-refractivity contribution in [2.24, 2.45) is 0 Å². The van der Waals surface area contributed by atoms with Gasteiger partial charge in [0.1, 0.15) is 0 Å². The number of thiocarbonyl (C=S) groups is 1. The lowest BCUT2D eigenvalue weighted by atomic mass is 9.97. The summed E-state index contributed by atoms with van der Waals surface area (Å²) in [5.41, 5.74) is 4.77. The fourth-order valence-electron chi connectivity index (χ4n) is 3.18. The highest BCUT2D eigenvalue weighted by atomic mass is 127. The predicted molar refractivity (Wildman–Crippen MR) is 101 cm³/mol. The Morgan fingerprint density at radius 2 is 2.09 bits per heavy atom. The molecule has 2 atom stereocenters. The van der Waals surface area contributed by atoms with Crippen LogP contribution in [-0.2, 0) is 0 Å². The van der Waals surface area contributed by atoms with Crippen molar-refractivity contribution < 1.29 is 0 Å². The summed E-state index contributed by atoms with van der Waals surface area (Å²) < 4.78 is 1.28. The average molecular weight is 426 g/mol. The summed E-state index contributed by atoms with van der Waals surface area (Å²) >= 11 is 7.99. The number of likely N-dealkylation sites (N-methyl/N-ethyl adjacent to an activating group) is 1. The van der Waals surface area contributed by atoms with Crippen LogP contribution in [0.2, 0.25) is 0 Å². The van der Waals surface area contributed by atoms with Crippen LogP contribution in [0.5, 0.6) is 0 Å². The number of nitrogens with one attached hydrogen (secondary N) is 2. The molecule has 2 N–H and O–H groups in total. The first kappa shape index (κ1) is 15.7. The number of nitrogens with zero attached hydrogens (tertiary/aromatic N) is 2.